The summed E-state index contributed by atoms with van der Waals surface area (Å²) >= 11 is 0. The van der Waals surface area contributed by atoms with E-state index in [0.717, 1.165) is 45.1 Å². The van der Waals surface area contributed by atoms with Gasteiger partial charge in [-0.3, -0.25) is 0 Å². The average Bonchev–Trinajstić information content (AvgIpc) is 3.40. The zero-order chi connectivity index (χ0) is 23.7. The quantitative estimate of drug-likeness (QED) is 0.272. The third-order valence-corrected chi connectivity index (χ3v) is 4.78. The van der Waals surface area contributed by atoms with E-state index in [4.69, 9.17) is 50.5 Å². The summed E-state index contributed by atoms with van der Waals surface area (Å²) < 4.78 is 4.16. The first-order valence-corrected chi connectivity index (χ1v) is 9.20. The second kappa shape index (κ2) is 12.5. The summed E-state index contributed by atoms with van der Waals surface area (Å²) in [6.07, 6.45) is 0. The van der Waals surface area contributed by atoms with Crippen LogP contribution in [0.4, 0.5) is 0 Å². The van der Waals surface area contributed by atoms with E-state index in [2.05, 4.69) is 21.3 Å². The van der Waals surface area contributed by atoms with E-state index >= 15 is 0 Å². The second-order valence-electron chi connectivity index (χ2n) is 6.37. The molecular formula is C24H17IrN8. The van der Waals surface area contributed by atoms with Gasteiger partial charge in [-0.1, -0.05) is 30.3 Å². The molecule has 0 bridgehead atoms. The van der Waals surface area contributed by atoms with Crippen LogP contribution in [0.5, 0.6) is 0 Å². The number of rotatable bonds is 2. The van der Waals surface area contributed by atoms with Gasteiger partial charge in [0.15, 0.2) is 11.6 Å². The summed E-state index contributed by atoms with van der Waals surface area (Å²) in [4.78, 5) is 14.4. The predicted molar refractivity (Wildman–Crippen MR) is 119 cm³/mol. The monoisotopic (exact) mass is 610 g/mol. The molecule has 5 aromatic rings. The van der Waals surface area contributed by atoms with Gasteiger partial charge in [0.2, 0.25) is 0 Å². The summed E-state index contributed by atoms with van der Waals surface area (Å²) in [6, 6.07) is 22.2. The van der Waals surface area contributed by atoms with Crippen molar-refractivity contribution in [3.8, 4) is 23.0 Å². The van der Waals surface area contributed by atoms with E-state index in [1.165, 1.54) is 0 Å². The minimum Gasteiger partial charge on any atom is -0.512 e. The van der Waals surface area contributed by atoms with Crippen molar-refractivity contribution in [3.63, 3.8) is 0 Å². The zero-order valence-corrected chi connectivity index (χ0v) is 20.2. The van der Waals surface area contributed by atoms with Crippen molar-refractivity contribution in [1.82, 2.24) is 24.1 Å². The molecule has 33 heavy (non-hydrogen) atoms. The van der Waals surface area contributed by atoms with Crippen LogP contribution in [0.15, 0.2) is 66.7 Å². The smallest absolute Gasteiger partial charge is 0.512 e. The Bertz CT molecular complexity index is 1300. The Labute approximate surface area is 205 Å². The fourth-order valence-electron chi connectivity index (χ4n) is 3.43. The second-order valence-corrected chi connectivity index (χ2v) is 6.37. The standard InChI is InChI=1S/C21H17N5.3CN.Ir/c1-25-18-12-5-3-8-14(18)23-20(25)16-10-7-11-17(22-16)21-24-15-9-4-6-13-19(15)26(21)2;3*1-2;/h3-13H,1-2H3;;;;/q;3*-1;+3. The van der Waals surface area contributed by atoms with Gasteiger partial charge in [-0.25, -0.2) is 15.0 Å². The molecule has 0 N–H and O–H groups in total. The molecule has 3 heterocycles. The van der Waals surface area contributed by atoms with Gasteiger partial charge < -0.3 is 44.6 Å². The van der Waals surface area contributed by atoms with Crippen LogP contribution in [0, 0.1) is 35.5 Å². The minimum atomic E-state index is 0. The predicted octanol–water partition coefficient (Wildman–Crippen LogP) is 4.48. The Morgan fingerprint density at radius 3 is 1.27 bits per heavy atom. The van der Waals surface area contributed by atoms with E-state index < -0.39 is 0 Å². The van der Waals surface area contributed by atoms with E-state index in [0.29, 0.717) is 0 Å². The SMILES string of the molecule is Cn1c(-c2cccc(-c3nc4ccccc4n3C)n2)nc2ccccc21.[C-]#N.[C-]#N.[C-]#N.[Ir+3]. The van der Waals surface area contributed by atoms with Gasteiger partial charge >= 0.3 is 20.1 Å². The van der Waals surface area contributed by atoms with Crippen molar-refractivity contribution in [2.45, 2.75) is 0 Å². The molecule has 8 nitrogen and oxygen atoms in total. The maximum absolute atomic E-state index is 6.25. The summed E-state index contributed by atoms with van der Waals surface area (Å²) in [5.41, 5.74) is 5.82. The number of fused-ring (bicyclic) bond motifs is 2. The number of hydrogen-bond donors (Lipinski definition) is 0. The number of aryl methyl sites for hydroxylation is 2. The van der Waals surface area contributed by atoms with Crippen molar-refractivity contribution >= 4 is 22.1 Å². The Balaban J connectivity index is 0.000000723. The van der Waals surface area contributed by atoms with Crippen LogP contribution in [0.1, 0.15) is 0 Å². The molecule has 0 spiro atoms. The van der Waals surface area contributed by atoms with Gasteiger partial charge in [0.25, 0.3) is 0 Å². The fourth-order valence-corrected chi connectivity index (χ4v) is 3.43. The topological polar surface area (TPSA) is 120 Å². The molecule has 0 aliphatic carbocycles. The van der Waals surface area contributed by atoms with E-state index in [1.807, 2.05) is 68.7 Å². The third-order valence-electron chi connectivity index (χ3n) is 4.78. The van der Waals surface area contributed by atoms with E-state index in [9.17, 15) is 0 Å². The van der Waals surface area contributed by atoms with Crippen LogP contribution >= 0.6 is 0 Å². The van der Waals surface area contributed by atoms with Crippen molar-refractivity contribution in [2.24, 2.45) is 14.1 Å². The fraction of sp³-hybridized carbons (Fsp3) is 0.0833. The van der Waals surface area contributed by atoms with Crippen molar-refractivity contribution in [2.75, 3.05) is 0 Å². The molecule has 0 fully saturated rings. The first-order chi connectivity index (χ1) is 15.7. The zero-order valence-electron chi connectivity index (χ0n) is 17.8. The molecule has 9 heteroatoms. The van der Waals surface area contributed by atoms with Gasteiger partial charge in [-0.15, -0.1) is 0 Å². The summed E-state index contributed by atoms with van der Waals surface area (Å²) in [5.74, 6) is 1.71. The number of nitrogens with zero attached hydrogens (tertiary/aromatic N) is 8. The molecule has 5 rings (SSSR count). The molecule has 0 amide bonds. The van der Waals surface area contributed by atoms with E-state index in [1.54, 1.807) is 0 Å². The van der Waals surface area contributed by atoms with Crippen LogP contribution in [-0.2, 0) is 34.2 Å². The molecule has 162 valence electrons. The van der Waals surface area contributed by atoms with Gasteiger partial charge in [-0.2, -0.15) is 0 Å². The first-order valence-electron chi connectivity index (χ1n) is 9.20. The van der Waals surface area contributed by atoms with Crippen LogP contribution in [0.25, 0.3) is 45.1 Å². The Kier molecular flexibility index (Phi) is 10.1. The number of hydrogen-bond acceptors (Lipinski definition) is 6. The first kappa shape index (κ1) is 26.7. The molecule has 2 aromatic carbocycles. The Hall–Kier alpha value is -4.35. The van der Waals surface area contributed by atoms with Gasteiger partial charge in [0.05, 0.1) is 22.1 Å². The molecule has 3 aromatic heterocycles. The van der Waals surface area contributed by atoms with Crippen LogP contribution < -0.4 is 0 Å². The number of imidazole rings is 2. The molecule has 0 aliphatic rings. The molecule has 0 saturated heterocycles. The van der Waals surface area contributed by atoms with Crippen molar-refractivity contribution < 1.29 is 20.1 Å². The number of benzene rings is 2. The normalized spacial score (nSPS) is 9.21. The maximum Gasteiger partial charge on any atom is 3.00 e. The number of aromatic nitrogens is 5. The Morgan fingerprint density at radius 1 is 0.545 bits per heavy atom. The molecule has 0 radical (unpaired) electrons. The maximum atomic E-state index is 6.25. The summed E-state index contributed by atoms with van der Waals surface area (Å²) in [5, 5.41) is 18.8. The van der Waals surface area contributed by atoms with Crippen molar-refractivity contribution in [3.05, 3.63) is 86.4 Å². The van der Waals surface area contributed by atoms with Gasteiger partial charge in [-0.05, 0) is 36.4 Å². The van der Waals surface area contributed by atoms with Crippen LogP contribution in [-0.4, -0.2) is 24.1 Å². The third kappa shape index (κ3) is 5.11. The minimum absolute atomic E-state index is 0. The number of pyridine rings is 1. The largest absolute Gasteiger partial charge is 3.00 e. The molecule has 0 saturated carbocycles. The summed E-state index contributed by atoms with van der Waals surface area (Å²) in [7, 11) is 4.04. The van der Waals surface area contributed by atoms with Gasteiger partial charge in [0, 0.05) is 14.1 Å². The average molecular weight is 610 g/mol. The number of para-hydroxylation sites is 4. The molecule has 0 atom stereocenters. The molecule has 0 unspecified atom stereocenters. The van der Waals surface area contributed by atoms with E-state index in [-0.39, 0.29) is 20.1 Å². The summed E-state index contributed by atoms with van der Waals surface area (Å²) in [6.45, 7) is 14.2. The Morgan fingerprint density at radius 2 is 0.909 bits per heavy atom. The molecular weight excluding hydrogens is 593 g/mol. The van der Waals surface area contributed by atoms with Crippen LogP contribution in [0.3, 0.4) is 0 Å². The van der Waals surface area contributed by atoms with Gasteiger partial charge in [0.1, 0.15) is 11.4 Å². The van der Waals surface area contributed by atoms with Crippen molar-refractivity contribution in [1.29, 1.82) is 15.8 Å². The van der Waals surface area contributed by atoms with Crippen LogP contribution in [0.2, 0.25) is 0 Å². The molecule has 0 aliphatic heterocycles.